The van der Waals surface area contributed by atoms with E-state index in [4.69, 9.17) is 9.47 Å². The van der Waals surface area contributed by atoms with Crippen LogP contribution in [0.2, 0.25) is 0 Å². The van der Waals surface area contributed by atoms with Crippen LogP contribution in [0.3, 0.4) is 0 Å². The number of ether oxygens (including phenoxy) is 3. The van der Waals surface area contributed by atoms with E-state index in [0.717, 1.165) is 22.5 Å². The van der Waals surface area contributed by atoms with Gasteiger partial charge in [0.15, 0.2) is 5.54 Å². The minimum atomic E-state index is -1.37. The molecule has 0 amide bonds. The minimum absolute atomic E-state index is 0.0773. The number of methoxy groups -OCH3 is 3. The zero-order valence-electron chi connectivity index (χ0n) is 16.2. The topological polar surface area (TPSA) is 97.9 Å². The summed E-state index contributed by atoms with van der Waals surface area (Å²) >= 11 is 0. The summed E-state index contributed by atoms with van der Waals surface area (Å²) in [6.07, 6.45) is 1.59. The van der Waals surface area contributed by atoms with Crippen molar-refractivity contribution < 1.29 is 28.6 Å². The van der Waals surface area contributed by atoms with E-state index in [1.54, 1.807) is 6.92 Å². The maximum atomic E-state index is 12.9. The van der Waals surface area contributed by atoms with E-state index >= 15 is 0 Å². The number of H-pyrrole nitrogens is 1. The molecule has 0 bridgehead atoms. The van der Waals surface area contributed by atoms with E-state index in [2.05, 4.69) is 9.72 Å². The molecule has 1 N–H and O–H groups in total. The number of carbonyl (C=O) groups excluding carboxylic acids is 3. The molecule has 0 saturated carbocycles. The molecule has 1 aromatic carbocycles. The van der Waals surface area contributed by atoms with Gasteiger partial charge in [-0.15, -0.1) is 0 Å². The smallest absolute Gasteiger partial charge is 0.354 e. The van der Waals surface area contributed by atoms with E-state index in [-0.39, 0.29) is 5.70 Å². The average Bonchev–Trinajstić information content (AvgIpc) is 3.11. The van der Waals surface area contributed by atoms with Crippen molar-refractivity contribution in [1.82, 2.24) is 9.88 Å². The first-order valence-corrected chi connectivity index (χ1v) is 8.72. The number of para-hydroxylation sites is 1. The molecule has 28 heavy (non-hydrogen) atoms. The fraction of sp³-hybridized carbons (Fsp3) is 0.350. The second-order valence-electron chi connectivity index (χ2n) is 6.53. The maximum Gasteiger partial charge on any atom is 0.354 e. The number of fused-ring (bicyclic) bond motifs is 3. The van der Waals surface area contributed by atoms with Gasteiger partial charge in [0.2, 0.25) is 0 Å². The highest BCUT2D eigenvalue weighted by molar-refractivity contribution is 5.98. The molecule has 1 aromatic heterocycles. The third-order valence-electron chi connectivity index (χ3n) is 5.15. The van der Waals surface area contributed by atoms with Crippen LogP contribution in [0, 0.1) is 0 Å². The Kier molecular flexibility index (Phi) is 5.13. The van der Waals surface area contributed by atoms with Crippen LogP contribution in [-0.2, 0) is 40.6 Å². The first kappa shape index (κ1) is 19.5. The fourth-order valence-corrected chi connectivity index (χ4v) is 3.75. The molecule has 1 unspecified atom stereocenters. The molecule has 0 radical (unpaired) electrons. The number of hydrogen-bond acceptors (Lipinski definition) is 7. The Balaban J connectivity index is 2.24. The second kappa shape index (κ2) is 7.38. The zero-order valence-corrected chi connectivity index (χ0v) is 16.2. The van der Waals surface area contributed by atoms with Crippen molar-refractivity contribution >= 4 is 28.8 Å². The predicted octanol–water partition coefficient (Wildman–Crippen LogP) is 1.64. The van der Waals surface area contributed by atoms with Gasteiger partial charge in [0.1, 0.15) is 5.70 Å². The molecule has 1 aliphatic heterocycles. The number of carbonyl (C=O) groups is 3. The van der Waals surface area contributed by atoms with Crippen LogP contribution in [0.25, 0.3) is 10.9 Å². The fourth-order valence-electron chi connectivity index (χ4n) is 3.75. The highest BCUT2D eigenvalue weighted by Crippen LogP contribution is 2.41. The van der Waals surface area contributed by atoms with Crippen LogP contribution < -0.4 is 0 Å². The molecule has 3 rings (SSSR count). The highest BCUT2D eigenvalue weighted by Gasteiger charge is 2.50. The van der Waals surface area contributed by atoms with E-state index < -0.39 is 23.4 Å². The van der Waals surface area contributed by atoms with Gasteiger partial charge in [0.05, 0.1) is 33.1 Å². The average molecular weight is 386 g/mol. The monoisotopic (exact) mass is 386 g/mol. The van der Waals surface area contributed by atoms with Crippen LogP contribution in [0.4, 0.5) is 0 Å². The first-order valence-electron chi connectivity index (χ1n) is 8.72. The van der Waals surface area contributed by atoms with Crippen molar-refractivity contribution in [1.29, 1.82) is 0 Å². The van der Waals surface area contributed by atoms with Crippen LogP contribution in [0.15, 0.2) is 36.0 Å². The molecule has 2 aromatic rings. The number of nitrogens with one attached hydrogen (secondary N) is 1. The van der Waals surface area contributed by atoms with Crippen molar-refractivity contribution in [2.24, 2.45) is 0 Å². The largest absolute Gasteiger partial charge is 0.467 e. The number of aromatic amines is 1. The first-order chi connectivity index (χ1) is 13.4. The van der Waals surface area contributed by atoms with Gasteiger partial charge in [-0.2, -0.15) is 0 Å². The Labute approximate surface area is 162 Å². The number of rotatable bonds is 4. The normalized spacial score (nSPS) is 19.1. The van der Waals surface area contributed by atoms with Crippen LogP contribution in [-0.4, -0.2) is 55.7 Å². The summed E-state index contributed by atoms with van der Waals surface area (Å²) in [6, 6.07) is 7.72. The van der Waals surface area contributed by atoms with Crippen molar-refractivity contribution in [3.8, 4) is 0 Å². The van der Waals surface area contributed by atoms with Crippen LogP contribution >= 0.6 is 0 Å². The van der Waals surface area contributed by atoms with Gasteiger partial charge in [-0.25, -0.2) is 14.4 Å². The number of aromatic nitrogens is 1. The summed E-state index contributed by atoms with van der Waals surface area (Å²) in [7, 11) is 3.70. The lowest BCUT2D eigenvalue weighted by molar-refractivity contribution is -0.156. The Morgan fingerprint density at radius 1 is 1.11 bits per heavy atom. The summed E-state index contributed by atoms with van der Waals surface area (Å²) < 4.78 is 14.6. The molecule has 148 valence electrons. The Morgan fingerprint density at radius 2 is 1.82 bits per heavy atom. The molecule has 1 atom stereocenters. The molecule has 8 heteroatoms. The lowest BCUT2D eigenvalue weighted by Crippen LogP contribution is -2.55. The van der Waals surface area contributed by atoms with Gasteiger partial charge in [0, 0.05) is 17.4 Å². The molecule has 2 heterocycles. The summed E-state index contributed by atoms with van der Waals surface area (Å²) in [5.41, 5.74) is 1.02. The van der Waals surface area contributed by atoms with E-state index in [1.165, 1.54) is 26.2 Å². The summed E-state index contributed by atoms with van der Waals surface area (Å²) in [5, 5.41) is 1.00. The summed E-state index contributed by atoms with van der Waals surface area (Å²) in [6.45, 7) is 1.96. The van der Waals surface area contributed by atoms with Gasteiger partial charge in [-0.1, -0.05) is 18.2 Å². The lowest BCUT2D eigenvalue weighted by atomic mass is 9.85. The van der Waals surface area contributed by atoms with Gasteiger partial charge in [-0.05, 0) is 25.0 Å². The van der Waals surface area contributed by atoms with Gasteiger partial charge in [0.25, 0.3) is 0 Å². The lowest BCUT2D eigenvalue weighted by Gasteiger charge is -2.43. The van der Waals surface area contributed by atoms with Crippen LogP contribution in [0.1, 0.15) is 18.2 Å². The molecular formula is C20H22N2O6. The number of esters is 3. The van der Waals surface area contributed by atoms with Crippen molar-refractivity contribution in [2.45, 2.75) is 18.9 Å². The SMILES string of the molecule is COC(=O)/C=C(/C(=O)OC)N1CCc2c([nH]c3ccccc23)C1(C)C(=O)OC. The molecule has 0 spiro atoms. The van der Waals surface area contributed by atoms with Gasteiger partial charge in [-0.3, -0.25) is 0 Å². The van der Waals surface area contributed by atoms with Crippen molar-refractivity contribution in [3.05, 3.63) is 47.3 Å². The van der Waals surface area contributed by atoms with E-state index in [1.807, 2.05) is 24.3 Å². The molecule has 0 saturated heterocycles. The molecule has 1 aliphatic rings. The summed E-state index contributed by atoms with van der Waals surface area (Å²) in [5.74, 6) is -2.05. The Hall–Kier alpha value is -3.29. The number of benzene rings is 1. The van der Waals surface area contributed by atoms with E-state index in [9.17, 15) is 14.4 Å². The quantitative estimate of drug-likeness (QED) is 0.485. The third-order valence-corrected chi connectivity index (χ3v) is 5.15. The highest BCUT2D eigenvalue weighted by atomic mass is 16.5. The zero-order chi connectivity index (χ0) is 20.5. The Morgan fingerprint density at radius 3 is 2.46 bits per heavy atom. The molecule has 0 aliphatic carbocycles. The minimum Gasteiger partial charge on any atom is -0.467 e. The second-order valence-corrected chi connectivity index (χ2v) is 6.53. The molecule has 8 nitrogen and oxygen atoms in total. The van der Waals surface area contributed by atoms with Crippen molar-refractivity contribution in [2.75, 3.05) is 27.9 Å². The standard InChI is InChI=1S/C20H22N2O6/c1-20(19(25)28-4)17-13(12-7-5-6-8-14(12)21-17)9-10-22(20)15(18(24)27-3)11-16(23)26-2/h5-8,11,21H,9-10H2,1-4H3/b15-11-. The number of nitrogens with zero attached hydrogens (tertiary/aromatic N) is 1. The number of hydrogen-bond donors (Lipinski definition) is 1. The molecule has 0 fully saturated rings. The Bertz CT molecular complexity index is 976. The van der Waals surface area contributed by atoms with Gasteiger partial charge >= 0.3 is 17.9 Å². The molecular weight excluding hydrogens is 364 g/mol. The van der Waals surface area contributed by atoms with Gasteiger partial charge < -0.3 is 24.1 Å². The van der Waals surface area contributed by atoms with Crippen molar-refractivity contribution in [3.63, 3.8) is 0 Å². The van der Waals surface area contributed by atoms with E-state index in [0.29, 0.717) is 18.7 Å². The predicted molar refractivity (Wildman–Crippen MR) is 100 cm³/mol. The maximum absolute atomic E-state index is 12.9. The third kappa shape index (κ3) is 2.90. The van der Waals surface area contributed by atoms with Crippen LogP contribution in [0.5, 0.6) is 0 Å². The summed E-state index contributed by atoms with van der Waals surface area (Å²) in [4.78, 5) is 42.1.